The van der Waals surface area contributed by atoms with Crippen molar-refractivity contribution >= 4 is 39.7 Å². The second-order valence-corrected chi connectivity index (χ2v) is 10.5. The number of carbonyl (C=O) groups is 1. The maximum Gasteiger partial charge on any atom is 0.240 e. The minimum Gasteiger partial charge on any atom is -0.437 e. The van der Waals surface area contributed by atoms with E-state index in [0.29, 0.717) is 49.2 Å². The predicted molar refractivity (Wildman–Crippen MR) is 143 cm³/mol. The Morgan fingerprint density at radius 1 is 1.14 bits per heavy atom. The minimum atomic E-state index is -0.886. The number of thiazole rings is 1. The molecule has 10 heteroatoms. The van der Waals surface area contributed by atoms with Gasteiger partial charge in [-0.3, -0.25) is 4.79 Å². The molecule has 0 spiro atoms. The number of alkyl halides is 1. The quantitative estimate of drug-likeness (QED) is 0.367. The summed E-state index contributed by atoms with van der Waals surface area (Å²) in [6, 6.07) is 13.5. The van der Waals surface area contributed by atoms with Crippen molar-refractivity contribution in [3.8, 4) is 22.2 Å². The number of hydrogen-bond donors (Lipinski definition) is 2. The number of benzene rings is 2. The van der Waals surface area contributed by atoms with Gasteiger partial charge in [-0.1, -0.05) is 24.3 Å². The molecule has 0 unspecified atom stereocenters. The number of hydrogen-bond acceptors (Lipinski definition) is 8. The standard InChI is InChI=1S/C27H27FN6O2S/c1-16-31-26(25(37-16)21-10-11-30-27(33-21)32-18-13-17(28)14-29-15-18)36-23-9-8-22(34-12-4-7-24(34)35)19-5-2-3-6-20(19)23/h2-3,5-6,8-11,17-18,29H,4,7,12-15H2,1H3,(H,30,32,33)/t17-,18-/m0/s1. The number of aromatic nitrogens is 3. The van der Waals surface area contributed by atoms with Crippen LogP contribution in [-0.4, -0.2) is 52.7 Å². The van der Waals surface area contributed by atoms with Gasteiger partial charge in [-0.2, -0.15) is 0 Å². The lowest BCUT2D eigenvalue weighted by molar-refractivity contribution is -0.117. The van der Waals surface area contributed by atoms with Gasteiger partial charge >= 0.3 is 0 Å². The summed E-state index contributed by atoms with van der Waals surface area (Å²) in [6.07, 6.45) is 2.66. The zero-order chi connectivity index (χ0) is 25.4. The average molecular weight is 519 g/mol. The third-order valence-electron chi connectivity index (χ3n) is 6.65. The molecular weight excluding hydrogens is 491 g/mol. The molecule has 190 valence electrons. The summed E-state index contributed by atoms with van der Waals surface area (Å²) in [7, 11) is 0. The fraction of sp³-hybridized carbons (Fsp3) is 0.333. The molecule has 2 aromatic heterocycles. The summed E-state index contributed by atoms with van der Waals surface area (Å²) in [4.78, 5) is 28.7. The van der Waals surface area contributed by atoms with E-state index in [2.05, 4.69) is 25.6 Å². The van der Waals surface area contributed by atoms with Gasteiger partial charge < -0.3 is 20.3 Å². The molecule has 4 heterocycles. The fourth-order valence-electron chi connectivity index (χ4n) is 4.96. The minimum absolute atomic E-state index is 0.0784. The molecule has 2 fully saturated rings. The monoisotopic (exact) mass is 518 g/mol. The Balaban J connectivity index is 1.31. The number of rotatable bonds is 6. The van der Waals surface area contributed by atoms with Gasteiger partial charge in [0, 0.05) is 55.5 Å². The van der Waals surface area contributed by atoms with E-state index >= 15 is 0 Å². The Bertz CT molecular complexity index is 1460. The first-order chi connectivity index (χ1) is 18.0. The number of anilines is 2. The maximum absolute atomic E-state index is 13.8. The zero-order valence-electron chi connectivity index (χ0n) is 20.4. The number of nitrogens with zero attached hydrogens (tertiary/aromatic N) is 4. The second kappa shape index (κ2) is 10.0. The fourth-order valence-corrected chi connectivity index (χ4v) is 5.78. The van der Waals surface area contributed by atoms with Crippen LogP contribution in [0.2, 0.25) is 0 Å². The van der Waals surface area contributed by atoms with E-state index < -0.39 is 6.17 Å². The summed E-state index contributed by atoms with van der Waals surface area (Å²) in [5.74, 6) is 1.72. The lowest BCUT2D eigenvalue weighted by atomic mass is 10.1. The first kappa shape index (κ1) is 23.7. The van der Waals surface area contributed by atoms with Gasteiger partial charge in [-0.15, -0.1) is 11.3 Å². The number of carbonyl (C=O) groups excluding carboxylic acids is 1. The topological polar surface area (TPSA) is 92.3 Å². The van der Waals surface area contributed by atoms with Gasteiger partial charge in [-0.25, -0.2) is 19.3 Å². The number of halogens is 1. The number of fused-ring (bicyclic) bond motifs is 1. The molecule has 0 saturated carbocycles. The van der Waals surface area contributed by atoms with Crippen LogP contribution in [0.15, 0.2) is 48.7 Å². The van der Waals surface area contributed by atoms with Crippen molar-refractivity contribution in [3.63, 3.8) is 0 Å². The molecule has 37 heavy (non-hydrogen) atoms. The Morgan fingerprint density at radius 3 is 2.81 bits per heavy atom. The Hall–Kier alpha value is -3.63. The molecule has 6 rings (SSSR count). The van der Waals surface area contributed by atoms with Gasteiger partial charge in [0.2, 0.25) is 17.7 Å². The molecule has 2 N–H and O–H groups in total. The molecule has 1 amide bonds. The molecule has 2 aliphatic rings. The molecule has 0 radical (unpaired) electrons. The van der Waals surface area contributed by atoms with Crippen molar-refractivity contribution in [2.45, 2.75) is 38.4 Å². The Morgan fingerprint density at radius 2 is 2.00 bits per heavy atom. The number of amides is 1. The molecule has 0 aliphatic carbocycles. The summed E-state index contributed by atoms with van der Waals surface area (Å²) >= 11 is 1.49. The summed E-state index contributed by atoms with van der Waals surface area (Å²) in [5, 5.41) is 9.05. The van der Waals surface area contributed by atoms with Crippen LogP contribution < -0.4 is 20.3 Å². The Labute approximate surface area is 217 Å². The largest absolute Gasteiger partial charge is 0.437 e. The number of aryl methyl sites for hydroxylation is 1. The van der Waals surface area contributed by atoms with E-state index in [1.807, 2.05) is 54.3 Å². The maximum atomic E-state index is 13.8. The second-order valence-electron chi connectivity index (χ2n) is 9.34. The molecule has 8 nitrogen and oxygen atoms in total. The lowest BCUT2D eigenvalue weighted by Crippen LogP contribution is -2.44. The molecule has 0 bridgehead atoms. The predicted octanol–water partition coefficient (Wildman–Crippen LogP) is 5.09. The van der Waals surface area contributed by atoms with Crippen molar-refractivity contribution in [1.82, 2.24) is 20.3 Å². The SMILES string of the molecule is Cc1nc(Oc2ccc(N3CCCC3=O)c3ccccc23)c(-c2ccnc(N[C@@H]3CNC[C@@H](F)C3)n2)s1. The van der Waals surface area contributed by atoms with Crippen molar-refractivity contribution in [2.24, 2.45) is 0 Å². The van der Waals surface area contributed by atoms with Crippen LogP contribution >= 0.6 is 11.3 Å². The molecule has 2 saturated heterocycles. The highest BCUT2D eigenvalue weighted by atomic mass is 32.1. The first-order valence-corrected chi connectivity index (χ1v) is 13.3. The van der Waals surface area contributed by atoms with Gasteiger partial charge in [0.15, 0.2) is 0 Å². The van der Waals surface area contributed by atoms with Crippen LogP contribution in [0.1, 0.15) is 24.3 Å². The van der Waals surface area contributed by atoms with Crippen LogP contribution in [-0.2, 0) is 4.79 Å². The zero-order valence-corrected chi connectivity index (χ0v) is 21.2. The molecule has 2 atom stereocenters. The van der Waals surface area contributed by atoms with E-state index in [-0.39, 0.29) is 11.9 Å². The molecule has 2 aromatic carbocycles. The molecule has 2 aliphatic heterocycles. The highest BCUT2D eigenvalue weighted by Gasteiger charge is 2.25. The number of nitrogens with one attached hydrogen (secondary N) is 2. The number of ether oxygens (including phenoxy) is 1. The first-order valence-electron chi connectivity index (χ1n) is 12.5. The number of piperidine rings is 1. The van der Waals surface area contributed by atoms with Crippen molar-refractivity contribution in [3.05, 3.63) is 53.7 Å². The lowest BCUT2D eigenvalue weighted by Gasteiger charge is -2.26. The molecule has 4 aromatic rings. The van der Waals surface area contributed by atoms with Crippen molar-refractivity contribution < 1.29 is 13.9 Å². The highest BCUT2D eigenvalue weighted by molar-refractivity contribution is 7.15. The van der Waals surface area contributed by atoms with E-state index in [4.69, 9.17) is 4.74 Å². The summed E-state index contributed by atoms with van der Waals surface area (Å²) in [5.41, 5.74) is 1.58. The summed E-state index contributed by atoms with van der Waals surface area (Å²) in [6.45, 7) is 3.69. The van der Waals surface area contributed by atoms with E-state index in [1.54, 1.807) is 6.20 Å². The van der Waals surface area contributed by atoms with E-state index in [1.165, 1.54) is 11.3 Å². The van der Waals surface area contributed by atoms with Crippen molar-refractivity contribution in [1.29, 1.82) is 0 Å². The molecular formula is C27H27FN6O2S. The van der Waals surface area contributed by atoms with E-state index in [0.717, 1.165) is 39.3 Å². The van der Waals surface area contributed by atoms with Gasteiger partial charge in [0.05, 0.1) is 16.4 Å². The summed E-state index contributed by atoms with van der Waals surface area (Å²) < 4.78 is 20.2. The van der Waals surface area contributed by atoms with Crippen LogP contribution in [0.4, 0.5) is 16.0 Å². The smallest absolute Gasteiger partial charge is 0.240 e. The normalized spacial score (nSPS) is 19.9. The average Bonchev–Trinajstić information content (AvgIpc) is 3.49. The van der Waals surface area contributed by atoms with Crippen LogP contribution in [0, 0.1) is 6.92 Å². The van der Waals surface area contributed by atoms with Crippen LogP contribution in [0.3, 0.4) is 0 Å². The van der Waals surface area contributed by atoms with Crippen LogP contribution in [0.5, 0.6) is 11.6 Å². The van der Waals surface area contributed by atoms with Crippen molar-refractivity contribution in [2.75, 3.05) is 29.9 Å². The van der Waals surface area contributed by atoms with Gasteiger partial charge in [-0.05, 0) is 31.5 Å². The van der Waals surface area contributed by atoms with Gasteiger partial charge in [0.1, 0.15) is 16.8 Å². The third-order valence-corrected chi connectivity index (χ3v) is 7.63. The Kier molecular flexibility index (Phi) is 6.43. The van der Waals surface area contributed by atoms with E-state index in [9.17, 15) is 9.18 Å². The highest BCUT2D eigenvalue weighted by Crippen LogP contribution is 2.41. The van der Waals surface area contributed by atoms with Crippen LogP contribution in [0.25, 0.3) is 21.3 Å². The van der Waals surface area contributed by atoms with Gasteiger partial charge in [0.25, 0.3) is 0 Å². The third kappa shape index (κ3) is 4.86.